The summed E-state index contributed by atoms with van der Waals surface area (Å²) < 4.78 is 23.6. The number of aliphatic hydroxyl groups is 1. The maximum absolute atomic E-state index is 13.5. The third-order valence-electron chi connectivity index (χ3n) is 7.20. The first-order valence-corrected chi connectivity index (χ1v) is 12.8. The van der Waals surface area contributed by atoms with Gasteiger partial charge in [-0.2, -0.15) is 0 Å². The molecule has 3 aliphatic heterocycles. The van der Waals surface area contributed by atoms with Gasteiger partial charge in [-0.25, -0.2) is 4.39 Å². The maximum atomic E-state index is 13.5. The van der Waals surface area contributed by atoms with Crippen LogP contribution in [-0.4, -0.2) is 33.5 Å². The summed E-state index contributed by atoms with van der Waals surface area (Å²) in [5.41, 5.74) is 5.07. The molecule has 0 bridgehead atoms. The number of benzene rings is 3. The minimum Gasteiger partial charge on any atom is -0.390 e. The Balaban J connectivity index is 1.28. The lowest BCUT2D eigenvalue weighted by Gasteiger charge is -2.38. The number of oxime groups is 1. The molecular formula is C28H26FN3O3S. The van der Waals surface area contributed by atoms with Gasteiger partial charge in [-0.15, -0.1) is 0 Å². The molecule has 3 aromatic carbocycles. The van der Waals surface area contributed by atoms with Crippen molar-refractivity contribution in [2.75, 3.05) is 18.1 Å². The summed E-state index contributed by atoms with van der Waals surface area (Å²) >= 11 is 0.758. The number of piperidine rings is 1. The van der Waals surface area contributed by atoms with Crippen LogP contribution in [0.1, 0.15) is 35.1 Å². The summed E-state index contributed by atoms with van der Waals surface area (Å²) in [5, 5.41) is 14.7. The summed E-state index contributed by atoms with van der Waals surface area (Å²) in [7, 11) is 0. The van der Waals surface area contributed by atoms with Crippen LogP contribution >= 0.6 is 12.0 Å². The van der Waals surface area contributed by atoms with E-state index in [2.05, 4.69) is 52.5 Å². The molecule has 36 heavy (non-hydrogen) atoms. The predicted molar refractivity (Wildman–Crippen MR) is 139 cm³/mol. The molecule has 3 aliphatic rings. The van der Waals surface area contributed by atoms with Crippen molar-refractivity contribution >= 4 is 29.6 Å². The van der Waals surface area contributed by atoms with Crippen molar-refractivity contribution in [1.82, 2.24) is 4.90 Å². The van der Waals surface area contributed by atoms with Gasteiger partial charge in [-0.05, 0) is 77.6 Å². The molecule has 0 aromatic heterocycles. The molecule has 1 atom stereocenters. The molecule has 184 valence electrons. The lowest BCUT2D eigenvalue weighted by molar-refractivity contribution is -0.137. The largest absolute Gasteiger partial charge is 0.390 e. The highest BCUT2D eigenvalue weighted by Gasteiger charge is 2.49. The van der Waals surface area contributed by atoms with E-state index in [0.717, 1.165) is 59.7 Å². The second-order valence-electron chi connectivity index (χ2n) is 9.32. The summed E-state index contributed by atoms with van der Waals surface area (Å²) in [6.07, 6.45) is 3.74. The quantitative estimate of drug-likeness (QED) is 0.443. The van der Waals surface area contributed by atoms with Gasteiger partial charge in [0.2, 0.25) is 0 Å². The molecule has 0 aliphatic carbocycles. The standard InChI is InChI=1S/C28H26FN3O3S/c29-24-10-8-23(9-11-24)28(18-33)32-13-3-6-20(27(32)30-35-28)14-19-7-12-25(26(15-19)36-34)31-16-21-4-1-2-5-22(21)17-31/h1-2,4-5,7-12,14-15,33-34H,3,6,13,16-18H2/b20-14+. The van der Waals surface area contributed by atoms with Crippen molar-refractivity contribution in [2.45, 2.75) is 36.6 Å². The average molecular weight is 504 g/mol. The zero-order valence-corrected chi connectivity index (χ0v) is 20.4. The number of hydrogen-bond donors (Lipinski definition) is 2. The number of nitrogens with zero attached hydrogens (tertiary/aromatic N) is 3. The minimum atomic E-state index is -1.16. The number of anilines is 1. The Labute approximate surface area is 213 Å². The second-order valence-corrected chi connectivity index (χ2v) is 9.95. The Hall–Kier alpha value is -3.33. The van der Waals surface area contributed by atoms with Crippen LogP contribution in [0.15, 0.2) is 82.4 Å². The highest BCUT2D eigenvalue weighted by atomic mass is 32.2. The molecule has 2 N–H and O–H groups in total. The molecule has 3 heterocycles. The molecule has 1 saturated heterocycles. The van der Waals surface area contributed by atoms with Gasteiger partial charge in [0.1, 0.15) is 12.4 Å². The Morgan fingerprint density at radius 3 is 2.50 bits per heavy atom. The highest BCUT2D eigenvalue weighted by Crippen LogP contribution is 2.41. The molecule has 8 heteroatoms. The summed E-state index contributed by atoms with van der Waals surface area (Å²) in [6.45, 7) is 2.00. The van der Waals surface area contributed by atoms with E-state index in [4.69, 9.17) is 4.84 Å². The first kappa shape index (κ1) is 23.1. The fourth-order valence-electron chi connectivity index (χ4n) is 5.37. The van der Waals surface area contributed by atoms with Crippen LogP contribution in [0.4, 0.5) is 10.1 Å². The van der Waals surface area contributed by atoms with Crippen LogP contribution in [0.2, 0.25) is 0 Å². The summed E-state index contributed by atoms with van der Waals surface area (Å²) in [6, 6.07) is 20.5. The van der Waals surface area contributed by atoms with E-state index in [-0.39, 0.29) is 12.4 Å². The topological polar surface area (TPSA) is 68.5 Å². The van der Waals surface area contributed by atoms with Crippen molar-refractivity contribution in [2.24, 2.45) is 5.16 Å². The number of fused-ring (bicyclic) bond motifs is 2. The molecule has 1 fully saturated rings. The van der Waals surface area contributed by atoms with E-state index in [1.807, 2.05) is 11.0 Å². The smallest absolute Gasteiger partial charge is 0.260 e. The third kappa shape index (κ3) is 3.86. The number of amidine groups is 1. The Kier molecular flexibility index (Phi) is 5.95. The second kappa shape index (κ2) is 9.28. The van der Waals surface area contributed by atoms with Gasteiger partial charge in [0.05, 0.1) is 10.6 Å². The molecule has 6 nitrogen and oxygen atoms in total. The maximum Gasteiger partial charge on any atom is 0.260 e. The first-order valence-electron chi connectivity index (χ1n) is 12.0. The van der Waals surface area contributed by atoms with Gasteiger partial charge in [-0.3, -0.25) is 0 Å². The highest BCUT2D eigenvalue weighted by molar-refractivity contribution is 7.94. The molecule has 0 saturated carbocycles. The van der Waals surface area contributed by atoms with Crippen LogP contribution in [0, 0.1) is 5.82 Å². The zero-order chi connectivity index (χ0) is 24.7. The normalized spacial score (nSPS) is 21.9. The van der Waals surface area contributed by atoms with E-state index in [1.54, 1.807) is 12.1 Å². The lowest BCUT2D eigenvalue weighted by atomic mass is 9.95. The van der Waals surface area contributed by atoms with Gasteiger partial charge >= 0.3 is 0 Å². The predicted octanol–water partition coefficient (Wildman–Crippen LogP) is 5.58. The molecule has 6 rings (SSSR count). The van der Waals surface area contributed by atoms with Gasteiger partial charge in [-0.1, -0.05) is 35.5 Å². The average Bonchev–Trinajstić information content (AvgIpc) is 3.52. The summed E-state index contributed by atoms with van der Waals surface area (Å²) in [4.78, 5) is 10.9. The Morgan fingerprint density at radius 2 is 1.81 bits per heavy atom. The molecule has 1 unspecified atom stereocenters. The number of rotatable bonds is 5. The number of hydrogen-bond acceptors (Lipinski definition) is 7. The van der Waals surface area contributed by atoms with E-state index < -0.39 is 5.72 Å². The van der Waals surface area contributed by atoms with Gasteiger partial charge < -0.3 is 24.3 Å². The van der Waals surface area contributed by atoms with Crippen LogP contribution in [-0.2, 0) is 23.7 Å². The first-order chi connectivity index (χ1) is 17.6. The third-order valence-corrected chi connectivity index (χ3v) is 7.73. The molecule has 0 radical (unpaired) electrons. The SMILES string of the molecule is OCC1(c2ccc(F)cc2)ON=C2/C(=C/c3ccc(N4Cc5ccccc5C4)c(SO)c3)CCCN21. The monoisotopic (exact) mass is 503 g/mol. The van der Waals surface area contributed by atoms with Crippen LogP contribution in [0.25, 0.3) is 6.08 Å². The van der Waals surface area contributed by atoms with Crippen molar-refractivity contribution in [3.05, 3.63) is 100 Å². The van der Waals surface area contributed by atoms with Crippen molar-refractivity contribution in [3.8, 4) is 0 Å². The van der Waals surface area contributed by atoms with Crippen molar-refractivity contribution in [3.63, 3.8) is 0 Å². The van der Waals surface area contributed by atoms with Gasteiger partial charge in [0.15, 0.2) is 5.84 Å². The van der Waals surface area contributed by atoms with Gasteiger partial charge in [0.25, 0.3) is 5.72 Å². The minimum absolute atomic E-state index is 0.308. The van der Waals surface area contributed by atoms with E-state index in [1.165, 1.54) is 23.3 Å². The van der Waals surface area contributed by atoms with Crippen LogP contribution < -0.4 is 4.90 Å². The molecule has 0 spiro atoms. The fraction of sp³-hybridized carbons (Fsp3) is 0.250. The van der Waals surface area contributed by atoms with Crippen molar-refractivity contribution < 1.29 is 18.9 Å². The number of halogens is 1. The Morgan fingerprint density at radius 1 is 1.06 bits per heavy atom. The lowest BCUT2D eigenvalue weighted by Crippen LogP contribution is -2.51. The van der Waals surface area contributed by atoms with E-state index in [0.29, 0.717) is 17.9 Å². The number of aliphatic hydroxyl groups excluding tert-OH is 1. The van der Waals surface area contributed by atoms with Crippen LogP contribution in [0.5, 0.6) is 0 Å². The fourth-order valence-corrected chi connectivity index (χ4v) is 5.85. The molecule has 3 aromatic rings. The van der Waals surface area contributed by atoms with E-state index >= 15 is 0 Å². The molecule has 0 amide bonds. The Bertz CT molecular complexity index is 1340. The molecular weight excluding hydrogens is 477 g/mol. The van der Waals surface area contributed by atoms with Crippen LogP contribution in [0.3, 0.4) is 0 Å². The van der Waals surface area contributed by atoms with Gasteiger partial charge in [0, 0.05) is 37.2 Å². The summed E-state index contributed by atoms with van der Waals surface area (Å²) in [5.74, 6) is 0.334. The van der Waals surface area contributed by atoms with E-state index in [9.17, 15) is 14.0 Å². The zero-order valence-electron chi connectivity index (χ0n) is 19.6. The van der Waals surface area contributed by atoms with Crippen molar-refractivity contribution in [1.29, 1.82) is 0 Å².